The first kappa shape index (κ1) is 16.9. The van der Waals surface area contributed by atoms with Crippen LogP contribution in [0.2, 0.25) is 0 Å². The number of nitro groups is 1. The standard InChI is InChI=1S/C15H17N3O4S/c1-8(2)22-14(19)12-9(3)16-15(23)17-13(12)10-6-4-5-7-11(10)18(20)21/h4-8,13H,1-3H3,(H2,16,17,23)/t13-/m1/s1. The second-order valence-corrected chi connectivity index (χ2v) is 5.75. The van der Waals surface area contributed by atoms with E-state index >= 15 is 0 Å². The maximum absolute atomic E-state index is 12.4. The number of hydrogen-bond donors (Lipinski definition) is 2. The summed E-state index contributed by atoms with van der Waals surface area (Å²) in [6.07, 6.45) is -0.303. The number of ether oxygens (including phenoxy) is 1. The number of nitrogens with one attached hydrogen (secondary N) is 2. The molecular weight excluding hydrogens is 318 g/mol. The Kier molecular flexibility index (Phi) is 4.95. The molecule has 0 aliphatic carbocycles. The zero-order valence-electron chi connectivity index (χ0n) is 13.0. The van der Waals surface area contributed by atoms with Gasteiger partial charge in [-0.1, -0.05) is 12.1 Å². The maximum atomic E-state index is 12.4. The van der Waals surface area contributed by atoms with Gasteiger partial charge in [0, 0.05) is 11.8 Å². The Bertz CT molecular complexity index is 700. The number of allylic oxidation sites excluding steroid dienone is 1. The highest BCUT2D eigenvalue weighted by Crippen LogP contribution is 2.33. The third kappa shape index (κ3) is 3.65. The van der Waals surface area contributed by atoms with Gasteiger partial charge in [0.25, 0.3) is 5.69 Å². The summed E-state index contributed by atoms with van der Waals surface area (Å²) in [6.45, 7) is 5.16. The quantitative estimate of drug-likeness (QED) is 0.377. The molecule has 2 N–H and O–H groups in total. The number of nitro benzene ring substituents is 1. The fraction of sp³-hybridized carbons (Fsp3) is 0.333. The molecule has 7 nitrogen and oxygen atoms in total. The Morgan fingerprint density at radius 2 is 2.04 bits per heavy atom. The van der Waals surface area contributed by atoms with Gasteiger partial charge in [-0.2, -0.15) is 0 Å². The van der Waals surface area contributed by atoms with Gasteiger partial charge in [-0.15, -0.1) is 0 Å². The summed E-state index contributed by atoms with van der Waals surface area (Å²) < 4.78 is 5.26. The van der Waals surface area contributed by atoms with Crippen LogP contribution in [0.4, 0.5) is 5.69 Å². The summed E-state index contributed by atoms with van der Waals surface area (Å²) in [5.41, 5.74) is 1.07. The van der Waals surface area contributed by atoms with E-state index in [0.29, 0.717) is 16.4 Å². The van der Waals surface area contributed by atoms with Gasteiger partial charge in [-0.25, -0.2) is 4.79 Å². The van der Waals surface area contributed by atoms with Gasteiger partial charge >= 0.3 is 5.97 Å². The number of rotatable bonds is 4. The smallest absolute Gasteiger partial charge is 0.338 e. The van der Waals surface area contributed by atoms with Crippen molar-refractivity contribution in [3.63, 3.8) is 0 Å². The van der Waals surface area contributed by atoms with Gasteiger partial charge in [-0.05, 0) is 39.1 Å². The van der Waals surface area contributed by atoms with Gasteiger partial charge < -0.3 is 15.4 Å². The van der Waals surface area contributed by atoms with Crippen LogP contribution in [0.25, 0.3) is 0 Å². The summed E-state index contributed by atoms with van der Waals surface area (Å²) in [6, 6.07) is 5.50. The van der Waals surface area contributed by atoms with E-state index < -0.39 is 16.9 Å². The van der Waals surface area contributed by atoms with Gasteiger partial charge in [0.05, 0.1) is 28.2 Å². The first-order chi connectivity index (χ1) is 10.8. The van der Waals surface area contributed by atoms with Crippen LogP contribution in [0.1, 0.15) is 32.4 Å². The normalized spacial score (nSPS) is 17.6. The van der Waals surface area contributed by atoms with E-state index in [-0.39, 0.29) is 17.4 Å². The SMILES string of the molecule is CC1=C(C(=O)OC(C)C)[C@@H](c2ccccc2[N+](=O)[O-])NC(=S)N1. The molecule has 0 saturated carbocycles. The van der Waals surface area contributed by atoms with Gasteiger partial charge in [-0.3, -0.25) is 10.1 Å². The van der Waals surface area contributed by atoms with Crippen LogP contribution in [-0.2, 0) is 9.53 Å². The van der Waals surface area contributed by atoms with E-state index in [4.69, 9.17) is 17.0 Å². The number of thiocarbonyl (C=S) groups is 1. The van der Waals surface area contributed by atoms with Crippen molar-refractivity contribution in [2.24, 2.45) is 0 Å². The van der Waals surface area contributed by atoms with Crippen LogP contribution in [0.5, 0.6) is 0 Å². The molecule has 23 heavy (non-hydrogen) atoms. The van der Waals surface area contributed by atoms with Crippen molar-refractivity contribution in [3.05, 3.63) is 51.2 Å². The first-order valence-corrected chi connectivity index (χ1v) is 7.44. The predicted octanol–water partition coefficient (Wildman–Crippen LogP) is 2.34. The summed E-state index contributed by atoms with van der Waals surface area (Å²) in [4.78, 5) is 23.2. The predicted molar refractivity (Wildman–Crippen MR) is 88.6 cm³/mol. The maximum Gasteiger partial charge on any atom is 0.338 e. The van der Waals surface area contributed by atoms with Crippen LogP contribution in [0, 0.1) is 10.1 Å². The fourth-order valence-electron chi connectivity index (χ4n) is 2.37. The molecule has 0 unspecified atom stereocenters. The number of carbonyl (C=O) groups excluding carboxylic acids is 1. The number of nitrogens with zero attached hydrogens (tertiary/aromatic N) is 1. The fourth-order valence-corrected chi connectivity index (χ4v) is 2.64. The average Bonchev–Trinajstić information content (AvgIpc) is 2.45. The highest BCUT2D eigenvalue weighted by molar-refractivity contribution is 7.80. The molecule has 0 spiro atoms. The molecule has 2 rings (SSSR count). The molecule has 0 bridgehead atoms. The lowest BCUT2D eigenvalue weighted by atomic mass is 9.94. The van der Waals surface area contributed by atoms with Crippen molar-refractivity contribution >= 4 is 29.0 Å². The summed E-state index contributed by atoms with van der Waals surface area (Å²) >= 11 is 5.12. The molecule has 0 aromatic heterocycles. The lowest BCUT2D eigenvalue weighted by Crippen LogP contribution is -2.45. The van der Waals surface area contributed by atoms with Crippen LogP contribution >= 0.6 is 12.2 Å². The summed E-state index contributed by atoms with van der Waals surface area (Å²) in [5.74, 6) is -0.539. The molecule has 1 aliphatic rings. The van der Waals surface area contributed by atoms with E-state index in [9.17, 15) is 14.9 Å². The van der Waals surface area contributed by atoms with Crippen molar-refractivity contribution < 1.29 is 14.5 Å². The number of hydrogen-bond acceptors (Lipinski definition) is 5. The third-order valence-electron chi connectivity index (χ3n) is 3.28. The lowest BCUT2D eigenvalue weighted by molar-refractivity contribution is -0.385. The van der Waals surface area contributed by atoms with Gasteiger partial charge in [0.2, 0.25) is 0 Å². The van der Waals surface area contributed by atoms with E-state index in [0.717, 1.165) is 0 Å². The summed E-state index contributed by atoms with van der Waals surface area (Å²) in [5, 5.41) is 17.4. The Morgan fingerprint density at radius 3 is 2.65 bits per heavy atom. The van der Waals surface area contributed by atoms with Crippen LogP contribution < -0.4 is 10.6 Å². The number of para-hydroxylation sites is 1. The topological polar surface area (TPSA) is 93.5 Å². The van der Waals surface area contributed by atoms with Crippen LogP contribution in [0.15, 0.2) is 35.5 Å². The second-order valence-electron chi connectivity index (χ2n) is 5.34. The molecule has 0 fully saturated rings. The molecule has 8 heteroatoms. The molecule has 1 aliphatic heterocycles. The minimum absolute atomic E-state index is 0.0858. The Hall–Kier alpha value is -2.48. The van der Waals surface area contributed by atoms with E-state index in [1.54, 1.807) is 39.0 Å². The Morgan fingerprint density at radius 1 is 1.39 bits per heavy atom. The van der Waals surface area contributed by atoms with Crippen molar-refractivity contribution in [3.8, 4) is 0 Å². The molecule has 0 radical (unpaired) electrons. The molecule has 0 saturated heterocycles. The first-order valence-electron chi connectivity index (χ1n) is 7.03. The van der Waals surface area contributed by atoms with Crippen molar-refractivity contribution in [2.45, 2.75) is 32.9 Å². The lowest BCUT2D eigenvalue weighted by Gasteiger charge is -2.30. The van der Waals surface area contributed by atoms with E-state index in [1.807, 2.05) is 0 Å². The van der Waals surface area contributed by atoms with Crippen molar-refractivity contribution in [1.29, 1.82) is 0 Å². The highest BCUT2D eigenvalue weighted by Gasteiger charge is 2.34. The molecule has 1 heterocycles. The third-order valence-corrected chi connectivity index (χ3v) is 3.50. The molecule has 122 valence electrons. The molecule has 1 aromatic rings. The average molecular weight is 335 g/mol. The second kappa shape index (κ2) is 6.74. The van der Waals surface area contributed by atoms with E-state index in [1.165, 1.54) is 6.07 Å². The minimum Gasteiger partial charge on any atom is -0.459 e. The molecule has 1 aromatic carbocycles. The largest absolute Gasteiger partial charge is 0.459 e. The molecule has 1 atom stereocenters. The van der Waals surface area contributed by atoms with Crippen LogP contribution in [0.3, 0.4) is 0 Å². The van der Waals surface area contributed by atoms with Crippen molar-refractivity contribution in [1.82, 2.24) is 10.6 Å². The van der Waals surface area contributed by atoms with Crippen LogP contribution in [-0.4, -0.2) is 22.1 Å². The number of carbonyl (C=O) groups is 1. The monoisotopic (exact) mass is 335 g/mol. The highest BCUT2D eigenvalue weighted by atomic mass is 32.1. The van der Waals surface area contributed by atoms with Crippen molar-refractivity contribution in [2.75, 3.05) is 0 Å². The zero-order valence-corrected chi connectivity index (χ0v) is 13.8. The number of benzene rings is 1. The summed E-state index contributed by atoms with van der Waals surface area (Å²) in [7, 11) is 0. The zero-order chi connectivity index (χ0) is 17.1. The molecular formula is C15H17N3O4S. The minimum atomic E-state index is -0.739. The molecule has 0 amide bonds. The van der Waals surface area contributed by atoms with Gasteiger partial charge in [0.1, 0.15) is 0 Å². The number of esters is 1. The van der Waals surface area contributed by atoms with Gasteiger partial charge in [0.15, 0.2) is 5.11 Å². The Balaban J connectivity index is 2.54. The van der Waals surface area contributed by atoms with E-state index in [2.05, 4.69) is 10.6 Å². The Labute approximate surface area is 138 Å².